The number of hydrogen-bond donors (Lipinski definition) is 2. The molecule has 0 spiro atoms. The molecule has 0 unspecified atom stereocenters. The van der Waals surface area contributed by atoms with E-state index in [0.717, 1.165) is 12.1 Å². The first-order valence-corrected chi connectivity index (χ1v) is 11.5. The second kappa shape index (κ2) is 10.9. The summed E-state index contributed by atoms with van der Waals surface area (Å²) < 4.78 is 40.8. The quantitative estimate of drug-likeness (QED) is 0.519. The van der Waals surface area contributed by atoms with E-state index in [-0.39, 0.29) is 50.6 Å². The number of ether oxygens (including phenoxy) is 1. The number of halogens is 5. The van der Waals surface area contributed by atoms with Crippen LogP contribution < -0.4 is 10.1 Å². The lowest BCUT2D eigenvalue weighted by Crippen LogP contribution is -2.53. The van der Waals surface area contributed by atoms with Crippen LogP contribution in [-0.2, 0) is 0 Å². The fraction of sp³-hybridized carbons (Fsp3) is 0.391. The maximum absolute atomic E-state index is 12.9. The first kappa shape index (κ1) is 26.9. The number of likely N-dealkylation sites (tertiary alicyclic amines) is 1. The van der Waals surface area contributed by atoms with Crippen molar-refractivity contribution in [2.24, 2.45) is 0 Å². The van der Waals surface area contributed by atoms with E-state index < -0.39 is 23.6 Å². The molecule has 1 aliphatic rings. The van der Waals surface area contributed by atoms with Gasteiger partial charge in [0, 0.05) is 47.5 Å². The van der Waals surface area contributed by atoms with Gasteiger partial charge in [-0.2, -0.15) is 0 Å². The summed E-state index contributed by atoms with van der Waals surface area (Å²) in [6.07, 6.45) is -4.35. The van der Waals surface area contributed by atoms with E-state index in [1.807, 2.05) is 0 Å². The van der Waals surface area contributed by atoms with Crippen LogP contribution in [0.25, 0.3) is 0 Å². The minimum atomic E-state index is -4.82. The molecule has 190 valence electrons. The molecular formula is C23H24Cl2F3N3O4. The maximum atomic E-state index is 12.9. The number of nitrogens with zero attached hydrogens (tertiary/aromatic N) is 2. The number of hydrogen-bond acceptors (Lipinski definition) is 4. The Kier molecular flexibility index (Phi) is 8.40. The van der Waals surface area contributed by atoms with Crippen molar-refractivity contribution in [3.63, 3.8) is 0 Å². The lowest BCUT2D eigenvalue weighted by Gasteiger charge is -2.40. The molecule has 0 atom stereocenters. The van der Waals surface area contributed by atoms with E-state index >= 15 is 0 Å². The van der Waals surface area contributed by atoms with Gasteiger partial charge in [-0.15, -0.1) is 13.2 Å². The summed E-state index contributed by atoms with van der Waals surface area (Å²) in [5.41, 5.74) is -0.606. The highest BCUT2D eigenvalue weighted by Crippen LogP contribution is 2.27. The molecule has 2 aromatic carbocycles. The topological polar surface area (TPSA) is 82.1 Å². The normalized spacial score (nSPS) is 15.5. The number of alkyl halides is 3. The van der Waals surface area contributed by atoms with Crippen molar-refractivity contribution in [1.29, 1.82) is 0 Å². The number of nitrogens with one attached hydrogen (secondary N) is 1. The molecule has 3 rings (SSSR count). The second-order valence-electron chi connectivity index (χ2n) is 8.19. The Balaban J connectivity index is 1.57. The zero-order valence-electron chi connectivity index (χ0n) is 18.7. The highest BCUT2D eigenvalue weighted by molar-refractivity contribution is 6.35. The number of urea groups is 1. The number of carbonyl (C=O) groups is 2. The molecule has 1 fully saturated rings. The number of benzene rings is 2. The number of amides is 3. The van der Waals surface area contributed by atoms with Crippen LogP contribution in [0.15, 0.2) is 42.5 Å². The SMILES string of the molecule is CCN(CC1(O)CCN(C(=O)Nc2cc(Cl)cc(Cl)c2)CC1)C(=O)c1ccc(OC(F)(F)F)cc1. The molecule has 7 nitrogen and oxygen atoms in total. The van der Waals surface area contributed by atoms with Crippen LogP contribution in [0.5, 0.6) is 5.75 Å². The Morgan fingerprint density at radius 1 is 1.11 bits per heavy atom. The Morgan fingerprint density at radius 2 is 1.69 bits per heavy atom. The predicted molar refractivity (Wildman–Crippen MR) is 126 cm³/mol. The van der Waals surface area contributed by atoms with Crippen LogP contribution in [0.4, 0.5) is 23.7 Å². The summed E-state index contributed by atoms with van der Waals surface area (Å²) in [6, 6.07) is 8.92. The minimum Gasteiger partial charge on any atom is -0.406 e. The van der Waals surface area contributed by atoms with Gasteiger partial charge in [0.05, 0.1) is 5.60 Å². The fourth-order valence-electron chi connectivity index (χ4n) is 3.78. The molecule has 3 amide bonds. The number of likely N-dealkylation sites (N-methyl/N-ethyl adjacent to an activating group) is 1. The van der Waals surface area contributed by atoms with Gasteiger partial charge in [-0.3, -0.25) is 4.79 Å². The Hall–Kier alpha value is -2.69. The summed E-state index contributed by atoms with van der Waals surface area (Å²) in [7, 11) is 0. The highest BCUT2D eigenvalue weighted by atomic mass is 35.5. The van der Waals surface area contributed by atoms with Crippen LogP contribution >= 0.6 is 23.2 Å². The molecule has 0 saturated carbocycles. The van der Waals surface area contributed by atoms with Crippen LogP contribution in [0, 0.1) is 0 Å². The molecule has 0 radical (unpaired) electrons. The third-order valence-corrected chi connectivity index (χ3v) is 6.02. The third kappa shape index (κ3) is 7.65. The van der Waals surface area contributed by atoms with Crippen molar-refractivity contribution >= 4 is 40.8 Å². The van der Waals surface area contributed by atoms with Crippen LogP contribution in [0.3, 0.4) is 0 Å². The Bertz CT molecular complexity index is 1040. The maximum Gasteiger partial charge on any atom is 0.573 e. The molecule has 2 aromatic rings. The molecule has 2 N–H and O–H groups in total. The van der Waals surface area contributed by atoms with Gasteiger partial charge < -0.3 is 25.0 Å². The highest BCUT2D eigenvalue weighted by Gasteiger charge is 2.37. The van der Waals surface area contributed by atoms with Gasteiger partial charge in [0.2, 0.25) is 0 Å². The zero-order chi connectivity index (χ0) is 25.8. The van der Waals surface area contributed by atoms with E-state index in [0.29, 0.717) is 15.7 Å². The van der Waals surface area contributed by atoms with Crippen LogP contribution in [-0.4, -0.2) is 65.0 Å². The van der Waals surface area contributed by atoms with Gasteiger partial charge in [-0.1, -0.05) is 23.2 Å². The van der Waals surface area contributed by atoms with Gasteiger partial charge in [0.25, 0.3) is 5.91 Å². The monoisotopic (exact) mass is 533 g/mol. The molecule has 12 heteroatoms. The molecule has 35 heavy (non-hydrogen) atoms. The van der Waals surface area contributed by atoms with E-state index in [1.165, 1.54) is 17.0 Å². The first-order chi connectivity index (χ1) is 16.4. The number of rotatable bonds is 6. The van der Waals surface area contributed by atoms with E-state index in [9.17, 15) is 27.9 Å². The predicted octanol–water partition coefficient (Wildman–Crippen LogP) is 5.41. The van der Waals surface area contributed by atoms with Crippen LogP contribution in [0.1, 0.15) is 30.1 Å². The van der Waals surface area contributed by atoms with Crippen molar-refractivity contribution in [1.82, 2.24) is 9.80 Å². The molecule has 1 heterocycles. The molecule has 1 aliphatic heterocycles. The van der Waals surface area contributed by atoms with Gasteiger partial charge in [-0.05, 0) is 62.2 Å². The summed E-state index contributed by atoms with van der Waals surface area (Å²) in [6.45, 7) is 2.54. The second-order valence-corrected chi connectivity index (χ2v) is 9.06. The van der Waals surface area contributed by atoms with Crippen molar-refractivity contribution in [3.05, 3.63) is 58.1 Å². The summed E-state index contributed by atoms with van der Waals surface area (Å²) >= 11 is 11.9. The smallest absolute Gasteiger partial charge is 0.406 e. The molecule has 1 saturated heterocycles. The third-order valence-electron chi connectivity index (χ3n) is 5.58. The molecule has 0 bridgehead atoms. The van der Waals surface area contributed by atoms with E-state index in [4.69, 9.17) is 23.2 Å². The lowest BCUT2D eigenvalue weighted by atomic mass is 9.90. The summed E-state index contributed by atoms with van der Waals surface area (Å²) in [5.74, 6) is -0.862. The summed E-state index contributed by atoms with van der Waals surface area (Å²) in [5, 5.41) is 14.6. The zero-order valence-corrected chi connectivity index (χ0v) is 20.3. The van der Waals surface area contributed by atoms with Crippen molar-refractivity contribution < 1.29 is 32.6 Å². The standard InChI is InChI=1S/C23H24Cl2F3N3O4/c1-2-30(20(32)15-3-5-19(6-4-15)35-23(26,27)28)14-22(34)7-9-31(10-8-22)21(33)29-18-12-16(24)11-17(25)13-18/h3-6,11-13,34H,2,7-10,14H2,1H3,(H,29,33). The molecule has 0 aliphatic carbocycles. The van der Waals surface area contributed by atoms with Crippen LogP contribution in [0.2, 0.25) is 10.0 Å². The number of piperidine rings is 1. The van der Waals surface area contributed by atoms with Gasteiger partial charge >= 0.3 is 12.4 Å². The minimum absolute atomic E-state index is 0.0164. The van der Waals surface area contributed by atoms with Gasteiger partial charge in [-0.25, -0.2) is 4.79 Å². The average molecular weight is 534 g/mol. The first-order valence-electron chi connectivity index (χ1n) is 10.8. The largest absolute Gasteiger partial charge is 0.573 e. The molecule has 0 aromatic heterocycles. The number of aliphatic hydroxyl groups is 1. The lowest BCUT2D eigenvalue weighted by molar-refractivity contribution is -0.274. The van der Waals surface area contributed by atoms with Gasteiger partial charge in [0.1, 0.15) is 5.75 Å². The Morgan fingerprint density at radius 3 is 2.20 bits per heavy atom. The van der Waals surface area contributed by atoms with E-state index in [2.05, 4.69) is 10.1 Å². The van der Waals surface area contributed by atoms with E-state index in [1.54, 1.807) is 30.0 Å². The summed E-state index contributed by atoms with van der Waals surface area (Å²) in [4.78, 5) is 28.4. The van der Waals surface area contributed by atoms with Crippen molar-refractivity contribution in [2.75, 3.05) is 31.5 Å². The number of anilines is 1. The van der Waals surface area contributed by atoms with Crippen molar-refractivity contribution in [2.45, 2.75) is 31.7 Å². The van der Waals surface area contributed by atoms with Crippen molar-refractivity contribution in [3.8, 4) is 5.75 Å². The molecular weight excluding hydrogens is 510 g/mol. The van der Waals surface area contributed by atoms with Gasteiger partial charge in [0.15, 0.2) is 0 Å². The number of carbonyl (C=O) groups excluding carboxylic acids is 2. The fourth-order valence-corrected chi connectivity index (χ4v) is 4.30. The average Bonchev–Trinajstić information content (AvgIpc) is 2.76. The Labute approximate surface area is 210 Å².